The van der Waals surface area contributed by atoms with Crippen molar-refractivity contribution >= 4 is 51.9 Å². The molecule has 7 heteroatoms. The highest BCUT2D eigenvalue weighted by Gasteiger charge is 2.37. The van der Waals surface area contributed by atoms with Crippen LogP contribution in [0.2, 0.25) is 5.02 Å². The quantitative estimate of drug-likeness (QED) is 0.552. The van der Waals surface area contributed by atoms with Crippen molar-refractivity contribution in [1.82, 2.24) is 4.90 Å². The molecule has 0 radical (unpaired) electrons. The molecule has 2 aliphatic heterocycles. The van der Waals surface area contributed by atoms with Crippen molar-refractivity contribution in [3.8, 4) is 11.5 Å². The summed E-state index contributed by atoms with van der Waals surface area (Å²) in [6, 6.07) is 3.76. The number of hydrogen-bond acceptors (Lipinski definition) is 5. The van der Waals surface area contributed by atoms with Crippen LogP contribution in [0.5, 0.6) is 11.5 Å². The predicted octanol–water partition coefficient (Wildman–Crippen LogP) is 4.60. The van der Waals surface area contributed by atoms with Crippen molar-refractivity contribution in [2.24, 2.45) is 0 Å². The summed E-state index contributed by atoms with van der Waals surface area (Å²) in [5.74, 6) is 1.27. The molecule has 2 fully saturated rings. The monoisotopic (exact) mass is 381 g/mol. The van der Waals surface area contributed by atoms with E-state index in [0.717, 1.165) is 31.2 Å². The van der Waals surface area contributed by atoms with Crippen LogP contribution in [0.4, 0.5) is 0 Å². The zero-order valence-corrected chi connectivity index (χ0v) is 15.3. The molecule has 3 aliphatic rings. The zero-order valence-electron chi connectivity index (χ0n) is 12.9. The van der Waals surface area contributed by atoms with E-state index in [1.165, 1.54) is 18.2 Å². The number of amides is 1. The largest absolute Gasteiger partial charge is 0.454 e. The van der Waals surface area contributed by atoms with E-state index in [-0.39, 0.29) is 18.7 Å². The van der Waals surface area contributed by atoms with E-state index < -0.39 is 0 Å². The Hall–Kier alpha value is -1.24. The van der Waals surface area contributed by atoms with Gasteiger partial charge in [-0.25, -0.2) is 0 Å². The number of ether oxygens (including phenoxy) is 2. The lowest BCUT2D eigenvalue weighted by molar-refractivity contribution is -0.124. The lowest BCUT2D eigenvalue weighted by Crippen LogP contribution is -2.39. The van der Waals surface area contributed by atoms with Gasteiger partial charge in [0.15, 0.2) is 11.5 Å². The van der Waals surface area contributed by atoms with E-state index >= 15 is 0 Å². The van der Waals surface area contributed by atoms with Gasteiger partial charge < -0.3 is 9.47 Å². The number of nitrogens with zero attached hydrogens (tertiary/aromatic N) is 1. The number of halogens is 1. The molecule has 4 nitrogen and oxygen atoms in total. The molecule has 4 rings (SSSR count). The summed E-state index contributed by atoms with van der Waals surface area (Å²) in [6.07, 6.45) is 7.43. The molecule has 0 aromatic heterocycles. The van der Waals surface area contributed by atoms with Gasteiger partial charge in [0.1, 0.15) is 4.32 Å². The second kappa shape index (κ2) is 6.58. The highest BCUT2D eigenvalue weighted by atomic mass is 35.5. The number of fused-ring (bicyclic) bond motifs is 1. The molecule has 1 aromatic rings. The average Bonchev–Trinajstić information content (AvgIpc) is 3.13. The van der Waals surface area contributed by atoms with Crippen molar-refractivity contribution < 1.29 is 14.3 Å². The van der Waals surface area contributed by atoms with Gasteiger partial charge in [-0.1, -0.05) is 54.8 Å². The molecule has 0 atom stereocenters. The minimum Gasteiger partial charge on any atom is -0.454 e. The summed E-state index contributed by atoms with van der Waals surface area (Å²) in [7, 11) is 0. The van der Waals surface area contributed by atoms with Crippen LogP contribution in [-0.4, -0.2) is 28.0 Å². The van der Waals surface area contributed by atoms with Gasteiger partial charge in [-0.05, 0) is 30.5 Å². The first-order valence-corrected chi connectivity index (χ1v) is 9.60. The van der Waals surface area contributed by atoms with Gasteiger partial charge in [0.05, 0.1) is 9.93 Å². The molecule has 24 heavy (non-hydrogen) atoms. The lowest BCUT2D eigenvalue weighted by Gasteiger charge is -2.29. The van der Waals surface area contributed by atoms with Crippen molar-refractivity contribution in [2.75, 3.05) is 6.79 Å². The lowest BCUT2D eigenvalue weighted by atomic mass is 9.94. The molecule has 1 amide bonds. The maximum absolute atomic E-state index is 12.8. The molecular weight excluding hydrogens is 366 g/mol. The fraction of sp³-hybridized carbons (Fsp3) is 0.412. The Kier molecular flexibility index (Phi) is 4.45. The second-order valence-electron chi connectivity index (χ2n) is 6.07. The molecule has 0 unspecified atom stereocenters. The van der Waals surface area contributed by atoms with Gasteiger partial charge in [-0.3, -0.25) is 9.69 Å². The fourth-order valence-corrected chi connectivity index (χ4v) is 4.92. The first-order chi connectivity index (χ1) is 11.6. The van der Waals surface area contributed by atoms with Gasteiger partial charge in [0.2, 0.25) is 6.79 Å². The molecular formula is C17H16ClNO3S2. The SMILES string of the molecule is O=C1/C(=C\c2cc3c(cc2Cl)OCO3)SC(=S)N1C1CCCCC1. The van der Waals surface area contributed by atoms with Crippen LogP contribution in [0.15, 0.2) is 17.0 Å². The predicted molar refractivity (Wildman–Crippen MR) is 99.5 cm³/mol. The Bertz CT molecular complexity index is 744. The third-order valence-electron chi connectivity index (χ3n) is 4.54. The number of carbonyl (C=O) groups is 1. The third kappa shape index (κ3) is 2.91. The summed E-state index contributed by atoms with van der Waals surface area (Å²) < 4.78 is 11.3. The highest BCUT2D eigenvalue weighted by Crippen LogP contribution is 2.41. The number of benzene rings is 1. The van der Waals surface area contributed by atoms with Crippen LogP contribution < -0.4 is 9.47 Å². The Balaban J connectivity index is 1.62. The molecule has 126 valence electrons. The fourth-order valence-electron chi connectivity index (χ4n) is 3.32. The molecule has 0 N–H and O–H groups in total. The number of hydrogen-bond donors (Lipinski definition) is 0. The van der Waals surface area contributed by atoms with Crippen LogP contribution in [0, 0.1) is 0 Å². The van der Waals surface area contributed by atoms with Crippen LogP contribution in [0.3, 0.4) is 0 Å². The van der Waals surface area contributed by atoms with E-state index in [1.807, 2.05) is 0 Å². The first-order valence-electron chi connectivity index (χ1n) is 8.00. The van der Waals surface area contributed by atoms with Crippen LogP contribution in [0.1, 0.15) is 37.7 Å². The standard InChI is InChI=1S/C17H16ClNO3S2/c18-12-8-14-13(21-9-22-14)6-10(12)7-15-16(20)19(17(23)24-15)11-4-2-1-3-5-11/h6-8,11H,1-5,9H2/b15-7+. The topological polar surface area (TPSA) is 38.8 Å². The molecule has 2 heterocycles. The summed E-state index contributed by atoms with van der Waals surface area (Å²) in [4.78, 5) is 15.2. The third-order valence-corrected chi connectivity index (χ3v) is 6.20. The van der Waals surface area contributed by atoms with Crippen molar-refractivity contribution in [1.29, 1.82) is 0 Å². The highest BCUT2D eigenvalue weighted by molar-refractivity contribution is 8.26. The Morgan fingerprint density at radius 1 is 1.21 bits per heavy atom. The first kappa shape index (κ1) is 16.2. The Labute approximate surface area is 155 Å². The zero-order chi connectivity index (χ0) is 16.7. The van der Waals surface area contributed by atoms with Gasteiger partial charge >= 0.3 is 0 Å². The summed E-state index contributed by atoms with van der Waals surface area (Å²) in [5, 5.41) is 0.530. The van der Waals surface area contributed by atoms with Gasteiger partial charge in [-0.15, -0.1) is 0 Å². The maximum Gasteiger partial charge on any atom is 0.266 e. The summed E-state index contributed by atoms with van der Waals surface area (Å²) in [5.41, 5.74) is 0.741. The smallest absolute Gasteiger partial charge is 0.266 e. The number of carbonyl (C=O) groups excluding carboxylic acids is 1. The second-order valence-corrected chi connectivity index (χ2v) is 8.15. The van der Waals surface area contributed by atoms with E-state index in [4.69, 9.17) is 33.3 Å². The molecule has 1 saturated carbocycles. The maximum atomic E-state index is 12.8. The van der Waals surface area contributed by atoms with Crippen molar-refractivity contribution in [3.63, 3.8) is 0 Å². The minimum absolute atomic E-state index is 0.00867. The number of thiocarbonyl (C=S) groups is 1. The molecule has 1 aliphatic carbocycles. The molecule has 0 bridgehead atoms. The van der Waals surface area contributed by atoms with E-state index in [0.29, 0.717) is 25.7 Å². The Morgan fingerprint density at radius 2 is 1.92 bits per heavy atom. The van der Waals surface area contributed by atoms with Crippen LogP contribution >= 0.6 is 35.6 Å². The van der Waals surface area contributed by atoms with Crippen LogP contribution in [0.25, 0.3) is 6.08 Å². The van der Waals surface area contributed by atoms with Gasteiger partial charge in [0.25, 0.3) is 5.91 Å². The normalized spacial score (nSPS) is 22.7. The van der Waals surface area contributed by atoms with E-state index in [9.17, 15) is 4.79 Å². The number of thioether (sulfide) groups is 1. The molecule has 0 spiro atoms. The van der Waals surface area contributed by atoms with E-state index in [2.05, 4.69) is 0 Å². The van der Waals surface area contributed by atoms with Crippen molar-refractivity contribution in [2.45, 2.75) is 38.1 Å². The van der Waals surface area contributed by atoms with Crippen LogP contribution in [-0.2, 0) is 4.79 Å². The number of rotatable bonds is 2. The summed E-state index contributed by atoms with van der Waals surface area (Å²) >= 11 is 13.1. The van der Waals surface area contributed by atoms with Crippen molar-refractivity contribution in [3.05, 3.63) is 27.6 Å². The van der Waals surface area contributed by atoms with E-state index in [1.54, 1.807) is 23.1 Å². The molecule has 1 aromatic carbocycles. The summed E-state index contributed by atoms with van der Waals surface area (Å²) in [6.45, 7) is 0.193. The minimum atomic E-state index is -0.00867. The average molecular weight is 382 g/mol. The van der Waals surface area contributed by atoms with Gasteiger partial charge in [0, 0.05) is 12.1 Å². The van der Waals surface area contributed by atoms with Gasteiger partial charge in [-0.2, -0.15) is 0 Å². The molecule has 1 saturated heterocycles. The Morgan fingerprint density at radius 3 is 2.67 bits per heavy atom.